The molecule has 1 aromatic carbocycles. The molecule has 0 aromatic heterocycles. The van der Waals surface area contributed by atoms with Gasteiger partial charge in [-0.3, -0.25) is 0 Å². The van der Waals surface area contributed by atoms with E-state index in [1.807, 2.05) is 0 Å². The summed E-state index contributed by atoms with van der Waals surface area (Å²) in [4.78, 5) is 21.2. The van der Waals surface area contributed by atoms with Crippen molar-refractivity contribution in [2.75, 3.05) is 5.32 Å². The predicted octanol–water partition coefficient (Wildman–Crippen LogP) is 1.96. The molecule has 0 aliphatic carbocycles. The monoisotopic (exact) mass is 327 g/mol. The lowest BCUT2D eigenvalue weighted by Crippen LogP contribution is -2.43. The molecule has 1 fully saturated rings. The zero-order chi connectivity index (χ0) is 17.0. The van der Waals surface area contributed by atoms with Crippen LogP contribution in [0, 0.1) is 6.92 Å². The Balaban J connectivity index is 2.01. The van der Waals surface area contributed by atoms with Gasteiger partial charge < -0.3 is 25.0 Å². The second-order valence-electron chi connectivity index (χ2n) is 5.40. The van der Waals surface area contributed by atoms with Crippen LogP contribution >= 0.6 is 0 Å². The molecule has 7 nitrogen and oxygen atoms in total. The summed E-state index contributed by atoms with van der Waals surface area (Å²) in [7, 11) is 0. The van der Waals surface area contributed by atoms with Crippen molar-refractivity contribution in [2.45, 2.75) is 44.8 Å². The number of rotatable bonds is 5. The van der Waals surface area contributed by atoms with E-state index in [-0.39, 0.29) is 19.4 Å². The Kier molecular flexibility index (Phi) is 5.51. The summed E-state index contributed by atoms with van der Waals surface area (Å²) in [6.45, 7) is 1.62. The fourth-order valence-electron chi connectivity index (χ4n) is 2.44. The van der Waals surface area contributed by atoms with Crippen molar-refractivity contribution in [3.05, 3.63) is 29.3 Å². The number of ether oxygens (including phenoxy) is 2. The molecule has 2 rings (SSSR count). The van der Waals surface area contributed by atoms with Crippen LogP contribution in [0.1, 0.15) is 24.0 Å². The first-order chi connectivity index (χ1) is 10.8. The van der Waals surface area contributed by atoms with Crippen LogP contribution in [-0.4, -0.2) is 40.8 Å². The summed E-state index contributed by atoms with van der Waals surface area (Å²) in [5, 5.41) is 21.8. The molecule has 1 aliphatic rings. The van der Waals surface area contributed by atoms with Gasteiger partial charge in [0.05, 0.1) is 6.10 Å². The van der Waals surface area contributed by atoms with Crippen LogP contribution in [-0.2, 0) is 20.9 Å². The van der Waals surface area contributed by atoms with E-state index >= 15 is 0 Å². The number of carbonyl (C=O) groups excluding carboxylic acids is 1. The van der Waals surface area contributed by atoms with Gasteiger partial charge in [0, 0.05) is 18.5 Å². The first kappa shape index (κ1) is 17.2. The van der Waals surface area contributed by atoms with Gasteiger partial charge in [-0.1, -0.05) is 12.1 Å². The van der Waals surface area contributed by atoms with Gasteiger partial charge in [0.15, 0.2) is 6.10 Å². The predicted molar refractivity (Wildman–Crippen MR) is 77.6 cm³/mol. The highest BCUT2D eigenvalue weighted by Crippen LogP contribution is 2.24. The quantitative estimate of drug-likeness (QED) is 0.710. The maximum absolute atomic E-state index is 12.1. The van der Waals surface area contributed by atoms with E-state index in [0.717, 1.165) is 5.56 Å². The highest BCUT2D eigenvalue weighted by atomic mass is 19.1. The van der Waals surface area contributed by atoms with Gasteiger partial charge >= 0.3 is 12.2 Å². The summed E-state index contributed by atoms with van der Waals surface area (Å²) < 4.78 is 21.7. The molecule has 0 spiro atoms. The fourth-order valence-corrected chi connectivity index (χ4v) is 2.44. The Morgan fingerprint density at radius 2 is 2.17 bits per heavy atom. The van der Waals surface area contributed by atoms with Gasteiger partial charge in [-0.05, 0) is 24.1 Å². The summed E-state index contributed by atoms with van der Waals surface area (Å²) >= 11 is 0. The summed E-state index contributed by atoms with van der Waals surface area (Å²) in [5.74, 6) is -1.12. The molecule has 3 unspecified atom stereocenters. The minimum atomic E-state index is -1.84. The van der Waals surface area contributed by atoms with E-state index in [2.05, 4.69) is 10.1 Å². The van der Waals surface area contributed by atoms with Crippen molar-refractivity contribution in [3.63, 3.8) is 0 Å². The molecule has 1 aromatic rings. The molecule has 0 amide bonds. The number of carboxylic acids is 1. The third kappa shape index (κ3) is 4.90. The minimum absolute atomic E-state index is 0.0556. The Morgan fingerprint density at radius 1 is 1.43 bits per heavy atom. The normalized spacial score (nSPS) is 24.0. The third-order valence-electron chi connectivity index (χ3n) is 3.54. The van der Waals surface area contributed by atoms with Crippen LogP contribution in [0.4, 0.5) is 14.9 Å². The molecule has 1 aliphatic heterocycles. The van der Waals surface area contributed by atoms with Crippen molar-refractivity contribution in [1.82, 2.24) is 0 Å². The molecule has 23 heavy (non-hydrogen) atoms. The van der Waals surface area contributed by atoms with Crippen LogP contribution in [0.5, 0.6) is 0 Å². The zero-order valence-corrected chi connectivity index (χ0v) is 12.5. The van der Waals surface area contributed by atoms with Crippen LogP contribution < -0.4 is 5.32 Å². The number of nitrogens with one attached hydrogen (secondary N) is 1. The molecule has 0 radical (unpaired) electrons. The second-order valence-corrected chi connectivity index (χ2v) is 5.40. The van der Waals surface area contributed by atoms with E-state index in [9.17, 15) is 19.1 Å². The average molecular weight is 327 g/mol. The molecule has 1 heterocycles. The standard InChI is InChI=1S/C15H18FNO6/c1-8-4-9(7-22-15(16)21)2-3-11(8)17-13-6-10(18)5-12(23-13)14(19)20/h2-4,10,12-13,17-18H,5-7H2,1H3,(H,19,20). The summed E-state index contributed by atoms with van der Waals surface area (Å²) in [6, 6.07) is 5.04. The summed E-state index contributed by atoms with van der Waals surface area (Å²) in [6.07, 6.45) is -3.96. The van der Waals surface area contributed by atoms with E-state index < -0.39 is 30.6 Å². The minimum Gasteiger partial charge on any atom is -0.479 e. The maximum atomic E-state index is 12.1. The lowest BCUT2D eigenvalue weighted by molar-refractivity contribution is -0.163. The van der Waals surface area contributed by atoms with E-state index in [0.29, 0.717) is 11.3 Å². The lowest BCUT2D eigenvalue weighted by atomic mass is 10.0. The Labute approximate surface area is 132 Å². The maximum Gasteiger partial charge on any atom is 0.495 e. The van der Waals surface area contributed by atoms with Crippen molar-refractivity contribution in [2.24, 2.45) is 0 Å². The van der Waals surface area contributed by atoms with Gasteiger partial charge in [0.2, 0.25) is 0 Å². The number of carboxylic acid groups (broad SMARTS) is 1. The summed E-state index contributed by atoms with van der Waals surface area (Å²) in [5.41, 5.74) is 2.09. The van der Waals surface area contributed by atoms with E-state index in [1.54, 1.807) is 25.1 Å². The fraction of sp³-hybridized carbons (Fsp3) is 0.467. The van der Waals surface area contributed by atoms with Crippen LogP contribution in [0.3, 0.4) is 0 Å². The SMILES string of the molecule is Cc1cc(COC(=O)F)ccc1NC1CC(O)CC(C(=O)O)O1. The molecule has 126 valence electrons. The molecule has 0 bridgehead atoms. The van der Waals surface area contributed by atoms with Crippen molar-refractivity contribution in [3.8, 4) is 0 Å². The number of aryl methyl sites for hydroxylation is 1. The molecule has 3 N–H and O–H groups in total. The van der Waals surface area contributed by atoms with Crippen LogP contribution in [0.25, 0.3) is 0 Å². The Morgan fingerprint density at radius 3 is 2.78 bits per heavy atom. The average Bonchev–Trinajstić information content (AvgIpc) is 2.47. The van der Waals surface area contributed by atoms with Crippen molar-refractivity contribution < 1.29 is 33.7 Å². The number of anilines is 1. The van der Waals surface area contributed by atoms with Crippen molar-refractivity contribution >= 4 is 17.9 Å². The molecular formula is C15H18FNO6. The van der Waals surface area contributed by atoms with Gasteiger partial charge in [-0.25, -0.2) is 9.59 Å². The second kappa shape index (κ2) is 7.38. The molecule has 1 saturated heterocycles. The van der Waals surface area contributed by atoms with Crippen LogP contribution in [0.2, 0.25) is 0 Å². The topological polar surface area (TPSA) is 105 Å². The Bertz CT molecular complexity index is 593. The smallest absolute Gasteiger partial charge is 0.479 e. The van der Waals surface area contributed by atoms with Gasteiger partial charge in [0.25, 0.3) is 0 Å². The van der Waals surface area contributed by atoms with Gasteiger partial charge in [0.1, 0.15) is 12.8 Å². The highest BCUT2D eigenvalue weighted by molar-refractivity contribution is 5.72. The number of benzene rings is 1. The first-order valence-electron chi connectivity index (χ1n) is 7.10. The van der Waals surface area contributed by atoms with E-state index in [1.165, 1.54) is 0 Å². The largest absolute Gasteiger partial charge is 0.495 e. The lowest BCUT2D eigenvalue weighted by Gasteiger charge is -2.32. The number of aliphatic carboxylic acids is 1. The number of halogens is 1. The third-order valence-corrected chi connectivity index (χ3v) is 3.54. The Hall–Kier alpha value is -2.19. The number of hydrogen-bond acceptors (Lipinski definition) is 6. The molecule has 8 heteroatoms. The highest BCUT2D eigenvalue weighted by Gasteiger charge is 2.32. The molecular weight excluding hydrogens is 309 g/mol. The van der Waals surface area contributed by atoms with Crippen molar-refractivity contribution in [1.29, 1.82) is 0 Å². The molecule has 3 atom stereocenters. The number of aliphatic hydroxyl groups is 1. The van der Waals surface area contributed by atoms with Gasteiger partial charge in [-0.15, -0.1) is 4.39 Å². The van der Waals surface area contributed by atoms with E-state index in [4.69, 9.17) is 9.84 Å². The number of carbonyl (C=O) groups is 2. The first-order valence-corrected chi connectivity index (χ1v) is 7.10. The van der Waals surface area contributed by atoms with Crippen LogP contribution in [0.15, 0.2) is 18.2 Å². The zero-order valence-electron chi connectivity index (χ0n) is 12.5. The van der Waals surface area contributed by atoms with Gasteiger partial charge in [-0.2, -0.15) is 0 Å². The number of hydrogen-bond donors (Lipinski definition) is 3. The number of aliphatic hydroxyl groups excluding tert-OH is 1. The molecule has 0 saturated carbocycles.